The Bertz CT molecular complexity index is 344. The lowest BCUT2D eigenvalue weighted by Gasteiger charge is -2.08. The van der Waals surface area contributed by atoms with Gasteiger partial charge in [-0.2, -0.15) is 8.78 Å². The maximum atomic E-state index is 13.3. The molecule has 0 spiro atoms. The molecule has 1 N–H and O–H groups in total. The van der Waals surface area contributed by atoms with Crippen molar-refractivity contribution in [3.63, 3.8) is 0 Å². The van der Waals surface area contributed by atoms with E-state index >= 15 is 0 Å². The largest absolute Gasteiger partial charge is 0.380 e. The van der Waals surface area contributed by atoms with Gasteiger partial charge in [0.15, 0.2) is 5.82 Å². The van der Waals surface area contributed by atoms with Crippen LogP contribution in [-0.2, 0) is 0 Å². The molecule has 0 aromatic carbocycles. The molecule has 0 aliphatic carbocycles. The van der Waals surface area contributed by atoms with Crippen molar-refractivity contribution in [2.24, 2.45) is 0 Å². The molecular weight excluding hydrogens is 213 g/mol. The van der Waals surface area contributed by atoms with Crippen LogP contribution in [0.15, 0.2) is 5.03 Å². The van der Waals surface area contributed by atoms with Crippen LogP contribution in [0.4, 0.5) is 18.9 Å². The summed E-state index contributed by atoms with van der Waals surface area (Å²) in [5.74, 6) is -3.41. The first kappa shape index (κ1) is 11.2. The van der Waals surface area contributed by atoms with Crippen LogP contribution in [0.3, 0.4) is 0 Å². The van der Waals surface area contributed by atoms with Crippen LogP contribution >= 0.6 is 11.8 Å². The van der Waals surface area contributed by atoms with Crippen molar-refractivity contribution < 1.29 is 13.2 Å². The van der Waals surface area contributed by atoms with Crippen LogP contribution in [0.1, 0.15) is 6.92 Å². The molecule has 0 radical (unpaired) electrons. The molecule has 2 nitrogen and oxygen atoms in total. The molecule has 6 heteroatoms. The molecule has 1 aromatic rings. The lowest BCUT2D eigenvalue weighted by Crippen LogP contribution is -2.07. The molecule has 0 saturated carbocycles. The summed E-state index contributed by atoms with van der Waals surface area (Å²) in [5.41, 5.74) is -0.454. The summed E-state index contributed by atoms with van der Waals surface area (Å²) < 4.78 is 39.2. The molecule has 14 heavy (non-hydrogen) atoms. The summed E-state index contributed by atoms with van der Waals surface area (Å²) in [5, 5.41) is 2.26. The third-order valence-electron chi connectivity index (χ3n) is 1.55. The summed E-state index contributed by atoms with van der Waals surface area (Å²) in [6, 6.07) is 0. The topological polar surface area (TPSA) is 24.9 Å². The zero-order valence-corrected chi connectivity index (χ0v) is 8.51. The zero-order chi connectivity index (χ0) is 10.7. The number of nitrogens with zero attached hydrogens (tertiary/aromatic N) is 1. The van der Waals surface area contributed by atoms with Crippen molar-refractivity contribution in [3.8, 4) is 0 Å². The molecule has 0 aliphatic rings. The average Bonchev–Trinajstić information content (AvgIpc) is 2.18. The van der Waals surface area contributed by atoms with Gasteiger partial charge in [0.05, 0.1) is 0 Å². The summed E-state index contributed by atoms with van der Waals surface area (Å²) >= 11 is 0.926. The minimum atomic E-state index is -1.29. The van der Waals surface area contributed by atoms with E-state index in [9.17, 15) is 13.2 Å². The molecule has 78 valence electrons. The molecule has 0 atom stereocenters. The van der Waals surface area contributed by atoms with Gasteiger partial charge in [0.1, 0.15) is 10.7 Å². The Morgan fingerprint density at radius 3 is 2.43 bits per heavy atom. The Kier molecular flexibility index (Phi) is 3.62. The van der Waals surface area contributed by atoms with Crippen molar-refractivity contribution in [1.29, 1.82) is 0 Å². The number of aromatic nitrogens is 1. The van der Waals surface area contributed by atoms with E-state index in [0.717, 1.165) is 11.8 Å². The molecule has 0 saturated heterocycles. The van der Waals surface area contributed by atoms with E-state index in [1.165, 1.54) is 0 Å². The summed E-state index contributed by atoms with van der Waals surface area (Å²) in [6.45, 7) is 1.97. The fourth-order valence-electron chi connectivity index (χ4n) is 0.961. The Labute approximate surface area is 83.9 Å². The first-order valence-electron chi connectivity index (χ1n) is 3.94. The lowest BCUT2D eigenvalue weighted by molar-refractivity contribution is 0.452. The van der Waals surface area contributed by atoms with Crippen molar-refractivity contribution in [2.75, 3.05) is 18.1 Å². The molecule has 1 heterocycles. The van der Waals surface area contributed by atoms with Gasteiger partial charge in [0.25, 0.3) is 5.95 Å². The van der Waals surface area contributed by atoms with E-state index in [1.54, 1.807) is 13.2 Å². The van der Waals surface area contributed by atoms with Gasteiger partial charge in [-0.3, -0.25) is 0 Å². The maximum absolute atomic E-state index is 13.3. The Morgan fingerprint density at radius 1 is 1.29 bits per heavy atom. The highest BCUT2D eigenvalue weighted by molar-refractivity contribution is 7.98. The van der Waals surface area contributed by atoms with Gasteiger partial charge < -0.3 is 5.32 Å². The zero-order valence-electron chi connectivity index (χ0n) is 7.70. The highest BCUT2D eigenvalue weighted by atomic mass is 32.2. The van der Waals surface area contributed by atoms with Gasteiger partial charge in [-0.05, 0) is 13.2 Å². The smallest absolute Gasteiger partial charge is 0.252 e. The fraction of sp³-hybridized carbons (Fsp3) is 0.375. The van der Waals surface area contributed by atoms with Crippen molar-refractivity contribution in [1.82, 2.24) is 4.98 Å². The lowest BCUT2D eigenvalue weighted by atomic mass is 10.3. The monoisotopic (exact) mass is 222 g/mol. The molecule has 1 rings (SSSR count). The van der Waals surface area contributed by atoms with Crippen LogP contribution in [0.2, 0.25) is 0 Å². The molecular formula is C8H9F3N2S. The number of rotatable bonds is 3. The summed E-state index contributed by atoms with van der Waals surface area (Å²) in [7, 11) is 0. The number of halogens is 3. The van der Waals surface area contributed by atoms with E-state index < -0.39 is 23.3 Å². The predicted molar refractivity (Wildman–Crippen MR) is 50.1 cm³/mol. The highest BCUT2D eigenvalue weighted by Crippen LogP contribution is 2.27. The van der Waals surface area contributed by atoms with Crippen molar-refractivity contribution >= 4 is 17.4 Å². The van der Waals surface area contributed by atoms with E-state index in [2.05, 4.69) is 10.3 Å². The summed E-state index contributed by atoms with van der Waals surface area (Å²) in [6.07, 6.45) is 1.54. The third kappa shape index (κ3) is 1.95. The molecule has 0 bridgehead atoms. The van der Waals surface area contributed by atoms with Gasteiger partial charge in [-0.25, -0.2) is 9.37 Å². The van der Waals surface area contributed by atoms with Crippen molar-refractivity contribution in [3.05, 3.63) is 17.6 Å². The van der Waals surface area contributed by atoms with Gasteiger partial charge in [0.2, 0.25) is 5.82 Å². The normalized spacial score (nSPS) is 10.4. The number of nitrogens with one attached hydrogen (secondary N) is 1. The maximum Gasteiger partial charge on any atom is 0.252 e. The van der Waals surface area contributed by atoms with Crippen LogP contribution in [0.25, 0.3) is 0 Å². The third-order valence-corrected chi connectivity index (χ3v) is 2.21. The first-order valence-corrected chi connectivity index (χ1v) is 5.16. The fourth-order valence-corrected chi connectivity index (χ4v) is 1.41. The van der Waals surface area contributed by atoms with Crippen LogP contribution in [-0.4, -0.2) is 17.8 Å². The van der Waals surface area contributed by atoms with E-state index in [-0.39, 0.29) is 5.03 Å². The van der Waals surface area contributed by atoms with Crippen molar-refractivity contribution in [2.45, 2.75) is 11.9 Å². The first-order chi connectivity index (χ1) is 6.61. The number of thioether (sulfide) groups is 1. The van der Waals surface area contributed by atoms with Gasteiger partial charge >= 0.3 is 0 Å². The molecule has 0 fully saturated rings. The van der Waals surface area contributed by atoms with Crippen LogP contribution in [0, 0.1) is 17.6 Å². The highest BCUT2D eigenvalue weighted by Gasteiger charge is 2.19. The average molecular weight is 222 g/mol. The van der Waals surface area contributed by atoms with Gasteiger partial charge in [-0.1, -0.05) is 0 Å². The summed E-state index contributed by atoms with van der Waals surface area (Å²) in [4.78, 5) is 3.14. The molecule has 0 amide bonds. The predicted octanol–water partition coefficient (Wildman–Crippen LogP) is 2.65. The second kappa shape index (κ2) is 4.54. The van der Waals surface area contributed by atoms with Crippen LogP contribution in [0.5, 0.6) is 0 Å². The molecule has 0 aliphatic heterocycles. The number of hydrogen-bond acceptors (Lipinski definition) is 3. The van der Waals surface area contributed by atoms with E-state index in [4.69, 9.17) is 0 Å². The molecule has 1 aromatic heterocycles. The van der Waals surface area contributed by atoms with Gasteiger partial charge in [0, 0.05) is 6.54 Å². The number of hydrogen-bond donors (Lipinski definition) is 1. The van der Waals surface area contributed by atoms with Crippen LogP contribution < -0.4 is 5.32 Å². The number of anilines is 1. The standard InChI is InChI=1S/C8H9F3N2S/c1-3-12-6-4(9)7(11)13-8(14-2)5(6)10/h3H2,1-2H3,(H,12,13). The van der Waals surface area contributed by atoms with E-state index in [0.29, 0.717) is 6.54 Å². The SMILES string of the molecule is CCNc1c(F)c(F)nc(SC)c1F. The number of pyridine rings is 1. The van der Waals surface area contributed by atoms with E-state index in [1.807, 2.05) is 0 Å². The Balaban J connectivity index is 3.29. The quantitative estimate of drug-likeness (QED) is 0.628. The minimum Gasteiger partial charge on any atom is -0.380 e. The second-order valence-corrected chi connectivity index (χ2v) is 3.24. The minimum absolute atomic E-state index is 0.153. The molecule has 0 unspecified atom stereocenters. The Morgan fingerprint density at radius 2 is 1.93 bits per heavy atom. The Hall–Kier alpha value is -0.910. The second-order valence-electron chi connectivity index (χ2n) is 2.45. The van der Waals surface area contributed by atoms with Gasteiger partial charge in [-0.15, -0.1) is 11.8 Å².